The molecule has 0 fully saturated rings. The number of hydrogen-bond donors (Lipinski definition) is 2. The molecular formula is C15H16N2OS. The largest absolute Gasteiger partial charge is 0.326 e. The average Bonchev–Trinajstić information content (AvgIpc) is 2.48. The van der Waals surface area contributed by atoms with Crippen LogP contribution < -0.4 is 11.1 Å². The van der Waals surface area contributed by atoms with Crippen molar-refractivity contribution in [2.45, 2.75) is 11.4 Å². The van der Waals surface area contributed by atoms with Gasteiger partial charge in [-0.15, -0.1) is 11.8 Å². The van der Waals surface area contributed by atoms with Crippen LogP contribution in [0.5, 0.6) is 0 Å². The molecule has 2 aromatic carbocycles. The zero-order valence-electron chi connectivity index (χ0n) is 10.7. The molecule has 0 atom stereocenters. The first-order chi connectivity index (χ1) is 9.24. The quantitative estimate of drug-likeness (QED) is 0.841. The van der Waals surface area contributed by atoms with Crippen LogP contribution in [-0.4, -0.2) is 12.2 Å². The molecule has 0 radical (unpaired) electrons. The predicted molar refractivity (Wildman–Crippen MR) is 80.5 cm³/mol. The highest BCUT2D eigenvalue weighted by Crippen LogP contribution is 2.25. The smallest absolute Gasteiger partial charge is 0.255 e. The molecule has 3 nitrogen and oxygen atoms in total. The molecule has 98 valence electrons. The van der Waals surface area contributed by atoms with Crippen LogP contribution in [0.15, 0.2) is 53.4 Å². The third-order valence-corrected chi connectivity index (χ3v) is 3.60. The SMILES string of the molecule is CSc1ccccc1NC(=O)c1ccc(CN)cc1. The molecule has 1 amide bonds. The molecule has 0 spiro atoms. The Kier molecular flexibility index (Phi) is 4.60. The van der Waals surface area contributed by atoms with Crippen LogP contribution in [-0.2, 0) is 6.54 Å². The maximum atomic E-state index is 12.1. The summed E-state index contributed by atoms with van der Waals surface area (Å²) in [5, 5.41) is 2.92. The van der Waals surface area contributed by atoms with Crippen molar-refractivity contribution < 1.29 is 4.79 Å². The van der Waals surface area contributed by atoms with Gasteiger partial charge < -0.3 is 11.1 Å². The van der Waals surface area contributed by atoms with E-state index in [9.17, 15) is 4.79 Å². The number of anilines is 1. The maximum Gasteiger partial charge on any atom is 0.255 e. The highest BCUT2D eigenvalue weighted by molar-refractivity contribution is 7.98. The fourth-order valence-electron chi connectivity index (χ4n) is 1.73. The van der Waals surface area contributed by atoms with Gasteiger partial charge in [0.2, 0.25) is 0 Å². The summed E-state index contributed by atoms with van der Waals surface area (Å²) in [6, 6.07) is 15.1. The molecule has 0 aliphatic rings. The Hall–Kier alpha value is -1.78. The van der Waals surface area contributed by atoms with Crippen LogP contribution in [0.4, 0.5) is 5.69 Å². The van der Waals surface area contributed by atoms with E-state index in [-0.39, 0.29) is 5.91 Å². The molecule has 0 unspecified atom stereocenters. The lowest BCUT2D eigenvalue weighted by molar-refractivity contribution is 0.102. The third-order valence-electron chi connectivity index (χ3n) is 2.81. The molecule has 0 heterocycles. The van der Waals surface area contributed by atoms with Gasteiger partial charge in [-0.25, -0.2) is 0 Å². The van der Waals surface area contributed by atoms with E-state index in [1.165, 1.54) is 0 Å². The molecule has 3 N–H and O–H groups in total. The highest BCUT2D eigenvalue weighted by Gasteiger charge is 2.08. The summed E-state index contributed by atoms with van der Waals surface area (Å²) in [5.41, 5.74) is 8.02. The number of carbonyl (C=O) groups excluding carboxylic acids is 1. The van der Waals surface area contributed by atoms with E-state index >= 15 is 0 Å². The van der Waals surface area contributed by atoms with Gasteiger partial charge in [-0.3, -0.25) is 4.79 Å². The van der Waals surface area contributed by atoms with E-state index in [4.69, 9.17) is 5.73 Å². The summed E-state index contributed by atoms with van der Waals surface area (Å²) in [4.78, 5) is 13.2. The van der Waals surface area contributed by atoms with Crippen LogP contribution >= 0.6 is 11.8 Å². The molecule has 19 heavy (non-hydrogen) atoms. The van der Waals surface area contributed by atoms with E-state index < -0.39 is 0 Å². The molecule has 0 saturated heterocycles. The maximum absolute atomic E-state index is 12.1. The Labute approximate surface area is 117 Å². The molecule has 0 aromatic heterocycles. The van der Waals surface area contributed by atoms with Gasteiger partial charge in [-0.1, -0.05) is 24.3 Å². The van der Waals surface area contributed by atoms with Crippen LogP contribution in [0.3, 0.4) is 0 Å². The predicted octanol–water partition coefficient (Wildman–Crippen LogP) is 3.12. The molecule has 0 aliphatic heterocycles. The molecule has 2 rings (SSSR count). The fourth-order valence-corrected chi connectivity index (χ4v) is 2.29. The van der Waals surface area contributed by atoms with Crippen molar-refractivity contribution in [3.05, 3.63) is 59.7 Å². The van der Waals surface area contributed by atoms with Crippen molar-refractivity contribution in [2.24, 2.45) is 5.73 Å². The number of benzene rings is 2. The van der Waals surface area contributed by atoms with Gasteiger partial charge in [0.15, 0.2) is 0 Å². The first kappa shape index (κ1) is 13.6. The Balaban J connectivity index is 2.16. The molecule has 0 saturated carbocycles. The number of rotatable bonds is 4. The van der Waals surface area contributed by atoms with Crippen molar-refractivity contribution in [3.63, 3.8) is 0 Å². The van der Waals surface area contributed by atoms with Gasteiger partial charge in [0.1, 0.15) is 0 Å². The summed E-state index contributed by atoms with van der Waals surface area (Å²) < 4.78 is 0. The van der Waals surface area contributed by atoms with Gasteiger partial charge in [0.05, 0.1) is 5.69 Å². The van der Waals surface area contributed by atoms with E-state index in [1.807, 2.05) is 42.7 Å². The third kappa shape index (κ3) is 3.36. The van der Waals surface area contributed by atoms with Crippen LogP contribution in [0, 0.1) is 0 Å². The number of nitrogens with two attached hydrogens (primary N) is 1. The van der Waals surface area contributed by atoms with Gasteiger partial charge in [0, 0.05) is 17.0 Å². The summed E-state index contributed by atoms with van der Waals surface area (Å²) in [6.07, 6.45) is 1.99. The van der Waals surface area contributed by atoms with Crippen LogP contribution in [0.1, 0.15) is 15.9 Å². The van der Waals surface area contributed by atoms with Crippen molar-refractivity contribution in [1.29, 1.82) is 0 Å². The van der Waals surface area contributed by atoms with Gasteiger partial charge in [-0.2, -0.15) is 0 Å². The van der Waals surface area contributed by atoms with Crippen molar-refractivity contribution in [2.75, 3.05) is 11.6 Å². The second-order valence-electron chi connectivity index (χ2n) is 4.06. The second kappa shape index (κ2) is 6.41. The lowest BCUT2D eigenvalue weighted by Gasteiger charge is -2.09. The zero-order valence-corrected chi connectivity index (χ0v) is 11.5. The first-order valence-electron chi connectivity index (χ1n) is 5.98. The monoisotopic (exact) mass is 272 g/mol. The summed E-state index contributed by atoms with van der Waals surface area (Å²) >= 11 is 1.61. The van der Waals surface area contributed by atoms with E-state index in [1.54, 1.807) is 23.9 Å². The topological polar surface area (TPSA) is 55.1 Å². The average molecular weight is 272 g/mol. The molecule has 0 bridgehead atoms. The first-order valence-corrected chi connectivity index (χ1v) is 7.20. The number of nitrogens with one attached hydrogen (secondary N) is 1. The van der Waals surface area contributed by atoms with E-state index in [0.717, 1.165) is 16.1 Å². The normalized spacial score (nSPS) is 10.2. The Morgan fingerprint density at radius 1 is 1.16 bits per heavy atom. The van der Waals surface area contributed by atoms with Gasteiger partial charge in [-0.05, 0) is 36.1 Å². The Morgan fingerprint density at radius 3 is 2.47 bits per heavy atom. The minimum atomic E-state index is -0.106. The van der Waals surface area contributed by atoms with Crippen molar-refractivity contribution in [1.82, 2.24) is 0 Å². The van der Waals surface area contributed by atoms with E-state index in [0.29, 0.717) is 12.1 Å². The van der Waals surface area contributed by atoms with E-state index in [2.05, 4.69) is 5.32 Å². The van der Waals surface area contributed by atoms with Crippen molar-refractivity contribution >= 4 is 23.4 Å². The standard InChI is InChI=1S/C15H16N2OS/c1-19-14-5-3-2-4-13(14)17-15(18)12-8-6-11(10-16)7-9-12/h2-9H,10,16H2,1H3,(H,17,18). The Morgan fingerprint density at radius 2 is 1.84 bits per heavy atom. The molecule has 0 aliphatic carbocycles. The van der Waals surface area contributed by atoms with Crippen LogP contribution in [0.2, 0.25) is 0 Å². The number of hydrogen-bond acceptors (Lipinski definition) is 3. The minimum Gasteiger partial charge on any atom is -0.326 e. The molecule has 4 heteroatoms. The fraction of sp³-hybridized carbons (Fsp3) is 0.133. The number of carbonyl (C=O) groups is 1. The lowest BCUT2D eigenvalue weighted by atomic mass is 10.1. The molecular weight excluding hydrogens is 256 g/mol. The van der Waals surface area contributed by atoms with Crippen LogP contribution in [0.25, 0.3) is 0 Å². The number of thioether (sulfide) groups is 1. The second-order valence-corrected chi connectivity index (χ2v) is 4.90. The summed E-state index contributed by atoms with van der Waals surface area (Å²) in [6.45, 7) is 0.483. The zero-order chi connectivity index (χ0) is 13.7. The Bertz CT molecular complexity index is 567. The minimum absolute atomic E-state index is 0.106. The highest BCUT2D eigenvalue weighted by atomic mass is 32.2. The lowest BCUT2D eigenvalue weighted by Crippen LogP contribution is -2.12. The summed E-state index contributed by atoms with van der Waals surface area (Å²) in [5.74, 6) is -0.106. The molecule has 2 aromatic rings. The van der Waals surface area contributed by atoms with Crippen molar-refractivity contribution in [3.8, 4) is 0 Å². The van der Waals surface area contributed by atoms with Gasteiger partial charge in [0.25, 0.3) is 5.91 Å². The summed E-state index contributed by atoms with van der Waals surface area (Å²) in [7, 11) is 0. The number of amides is 1. The van der Waals surface area contributed by atoms with Gasteiger partial charge >= 0.3 is 0 Å². The number of para-hydroxylation sites is 1.